The molecule has 7 nitrogen and oxygen atoms in total. The van der Waals surface area contributed by atoms with Gasteiger partial charge in [0.25, 0.3) is 0 Å². The first-order valence-electron chi connectivity index (χ1n) is 10.7. The summed E-state index contributed by atoms with van der Waals surface area (Å²) in [7, 11) is -7.18. The molecular formula is C23H28N2O5S2. The van der Waals surface area contributed by atoms with Gasteiger partial charge in [-0.05, 0) is 60.4 Å². The van der Waals surface area contributed by atoms with Crippen molar-refractivity contribution in [3.05, 3.63) is 60.2 Å². The molecule has 2 aromatic carbocycles. The van der Waals surface area contributed by atoms with E-state index in [1.165, 1.54) is 24.3 Å². The number of Topliss-reactive ketones (excluding diaryl/α,β-unsaturated/α-hetero) is 1. The number of nitrogens with one attached hydrogen (secondary N) is 1. The molecule has 172 valence electrons. The number of hydrogen-bond donors (Lipinski definition) is 1. The molecule has 32 heavy (non-hydrogen) atoms. The number of benzene rings is 2. The molecule has 0 unspecified atom stereocenters. The Morgan fingerprint density at radius 1 is 1.03 bits per heavy atom. The Morgan fingerprint density at radius 3 is 2.38 bits per heavy atom. The van der Waals surface area contributed by atoms with Gasteiger partial charge >= 0.3 is 0 Å². The highest BCUT2D eigenvalue weighted by Gasteiger charge is 2.49. The van der Waals surface area contributed by atoms with Crippen LogP contribution in [0.15, 0.2) is 59.5 Å². The van der Waals surface area contributed by atoms with E-state index in [4.69, 9.17) is 0 Å². The van der Waals surface area contributed by atoms with Crippen molar-refractivity contribution >= 4 is 31.5 Å². The summed E-state index contributed by atoms with van der Waals surface area (Å²) >= 11 is 0. The number of sulfonamides is 2. The van der Waals surface area contributed by atoms with E-state index in [1.807, 2.05) is 18.2 Å². The van der Waals surface area contributed by atoms with E-state index < -0.39 is 20.0 Å². The summed E-state index contributed by atoms with van der Waals surface area (Å²) in [4.78, 5) is 12.3. The first-order chi connectivity index (χ1) is 15.1. The lowest BCUT2D eigenvalue weighted by molar-refractivity contribution is -0.126. The number of ketones is 1. The van der Waals surface area contributed by atoms with Gasteiger partial charge < -0.3 is 0 Å². The maximum Gasteiger partial charge on any atom is 0.243 e. The van der Waals surface area contributed by atoms with Gasteiger partial charge in [0.1, 0.15) is 5.78 Å². The van der Waals surface area contributed by atoms with Crippen molar-refractivity contribution in [1.29, 1.82) is 0 Å². The molecule has 4 rings (SSSR count). The molecule has 0 amide bonds. The van der Waals surface area contributed by atoms with Crippen LogP contribution in [0.25, 0.3) is 0 Å². The molecule has 1 heterocycles. The largest absolute Gasteiger partial charge is 0.300 e. The third kappa shape index (κ3) is 4.89. The van der Waals surface area contributed by atoms with E-state index in [1.54, 1.807) is 4.31 Å². The van der Waals surface area contributed by atoms with Crippen molar-refractivity contribution in [3.63, 3.8) is 0 Å². The van der Waals surface area contributed by atoms with Gasteiger partial charge in [-0.1, -0.05) is 30.3 Å². The molecule has 1 saturated heterocycles. The summed E-state index contributed by atoms with van der Waals surface area (Å²) in [5.74, 6) is 0.445. The van der Waals surface area contributed by atoms with E-state index in [9.17, 15) is 21.6 Å². The monoisotopic (exact) mass is 476 g/mol. The van der Waals surface area contributed by atoms with Crippen LogP contribution in [0.2, 0.25) is 0 Å². The Balaban J connectivity index is 1.60. The Bertz CT molecular complexity index is 1190. The zero-order valence-electron chi connectivity index (χ0n) is 18.0. The number of fused-ring (bicyclic) bond motifs is 1. The highest BCUT2D eigenvalue weighted by Crippen LogP contribution is 2.48. The lowest BCUT2D eigenvalue weighted by atomic mass is 9.60. The lowest BCUT2D eigenvalue weighted by Gasteiger charge is -2.50. The number of rotatable bonds is 6. The minimum atomic E-state index is -3.75. The second-order valence-corrected chi connectivity index (χ2v) is 12.7. The zero-order valence-corrected chi connectivity index (χ0v) is 19.7. The van der Waals surface area contributed by atoms with Crippen LogP contribution >= 0.6 is 0 Å². The minimum absolute atomic E-state index is 0.136. The summed E-state index contributed by atoms with van der Waals surface area (Å²) in [6.45, 7) is 0.756. The second kappa shape index (κ2) is 8.61. The Morgan fingerprint density at radius 2 is 1.72 bits per heavy atom. The predicted molar refractivity (Wildman–Crippen MR) is 123 cm³/mol. The summed E-state index contributed by atoms with van der Waals surface area (Å²) in [6, 6.07) is 15.8. The molecule has 0 bridgehead atoms. The normalized spacial score (nSPS) is 24.7. The minimum Gasteiger partial charge on any atom is -0.300 e. The maximum atomic E-state index is 13.4. The standard InChI is InChI=1S/C23H28N2O5S2/c1-31(27,28)24-20-7-9-22(10-8-20)32(29,30)25-14-12-19-15-21(26)11-13-23(19,17-25)16-18-5-3-2-4-6-18/h2-10,19,24H,11-17H2,1H3/t19-,23-/m0/s1. The SMILES string of the molecule is CS(=O)(=O)Nc1ccc(S(=O)(=O)N2CC[C@H]3CC(=O)CC[C@]3(Cc3ccccc3)C2)cc1. The summed E-state index contributed by atoms with van der Waals surface area (Å²) in [5.41, 5.74) is 1.21. The van der Waals surface area contributed by atoms with Crippen molar-refractivity contribution in [2.45, 2.75) is 37.0 Å². The molecule has 2 atom stereocenters. The van der Waals surface area contributed by atoms with E-state index >= 15 is 0 Å². The number of carbonyl (C=O) groups excluding carboxylic acids is 1. The molecular weight excluding hydrogens is 448 g/mol. The van der Waals surface area contributed by atoms with E-state index in [2.05, 4.69) is 16.9 Å². The fourth-order valence-corrected chi connectivity index (χ4v) is 7.20. The van der Waals surface area contributed by atoms with Crippen LogP contribution in [0.4, 0.5) is 5.69 Å². The molecule has 0 spiro atoms. The van der Waals surface area contributed by atoms with Gasteiger partial charge in [-0.2, -0.15) is 4.31 Å². The Labute approximate surface area is 189 Å². The third-order valence-electron chi connectivity index (χ3n) is 6.65. The molecule has 1 aliphatic carbocycles. The topological polar surface area (TPSA) is 101 Å². The van der Waals surface area contributed by atoms with Crippen LogP contribution < -0.4 is 4.72 Å². The van der Waals surface area contributed by atoms with Gasteiger partial charge in [0, 0.05) is 31.6 Å². The number of carbonyl (C=O) groups is 1. The van der Waals surface area contributed by atoms with E-state index in [-0.39, 0.29) is 22.0 Å². The average molecular weight is 477 g/mol. The van der Waals surface area contributed by atoms with E-state index in [0.717, 1.165) is 18.2 Å². The van der Waals surface area contributed by atoms with Crippen molar-refractivity contribution in [2.75, 3.05) is 24.1 Å². The molecule has 1 aliphatic heterocycles. The fourth-order valence-electron chi connectivity index (χ4n) is 5.09. The van der Waals surface area contributed by atoms with Crippen LogP contribution in [0.5, 0.6) is 0 Å². The van der Waals surface area contributed by atoms with Crippen LogP contribution in [0.1, 0.15) is 31.2 Å². The molecule has 1 saturated carbocycles. The van der Waals surface area contributed by atoms with Crippen molar-refractivity contribution in [1.82, 2.24) is 4.31 Å². The van der Waals surface area contributed by atoms with Crippen molar-refractivity contribution in [2.24, 2.45) is 11.3 Å². The van der Waals surface area contributed by atoms with Gasteiger partial charge in [-0.15, -0.1) is 0 Å². The van der Waals surface area contributed by atoms with Gasteiger partial charge in [-0.3, -0.25) is 9.52 Å². The third-order valence-corrected chi connectivity index (χ3v) is 9.12. The molecule has 1 N–H and O–H groups in total. The van der Waals surface area contributed by atoms with Crippen LogP contribution in [-0.4, -0.2) is 46.3 Å². The van der Waals surface area contributed by atoms with E-state index in [0.29, 0.717) is 44.5 Å². The molecule has 2 aromatic rings. The van der Waals surface area contributed by atoms with Crippen molar-refractivity contribution in [3.8, 4) is 0 Å². The second-order valence-electron chi connectivity index (χ2n) is 8.99. The number of piperidine rings is 1. The van der Waals surface area contributed by atoms with Crippen LogP contribution in [0, 0.1) is 11.3 Å². The predicted octanol–water partition coefficient (Wildman–Crippen LogP) is 3.05. The number of anilines is 1. The fraction of sp³-hybridized carbons (Fsp3) is 0.435. The smallest absolute Gasteiger partial charge is 0.243 e. The maximum absolute atomic E-state index is 13.4. The summed E-state index contributed by atoms with van der Waals surface area (Å²) in [5, 5.41) is 0. The summed E-state index contributed by atoms with van der Waals surface area (Å²) in [6.07, 6.45) is 4.15. The number of nitrogens with zero attached hydrogens (tertiary/aromatic N) is 1. The highest BCUT2D eigenvalue weighted by molar-refractivity contribution is 7.92. The molecule has 0 radical (unpaired) electrons. The van der Waals surface area contributed by atoms with Gasteiger partial charge in [0.15, 0.2) is 0 Å². The lowest BCUT2D eigenvalue weighted by Crippen LogP contribution is -2.54. The first kappa shape index (κ1) is 22.9. The van der Waals surface area contributed by atoms with Gasteiger partial charge in [-0.25, -0.2) is 16.8 Å². The molecule has 0 aromatic heterocycles. The highest BCUT2D eigenvalue weighted by atomic mass is 32.2. The quantitative estimate of drug-likeness (QED) is 0.691. The van der Waals surface area contributed by atoms with Crippen molar-refractivity contribution < 1.29 is 21.6 Å². The van der Waals surface area contributed by atoms with Gasteiger partial charge in [0.05, 0.1) is 11.2 Å². The molecule has 9 heteroatoms. The Hall–Kier alpha value is -2.23. The number of hydrogen-bond acceptors (Lipinski definition) is 5. The molecule has 2 aliphatic rings. The average Bonchev–Trinajstić information content (AvgIpc) is 2.73. The zero-order chi connectivity index (χ0) is 23.0. The first-order valence-corrected chi connectivity index (χ1v) is 14.0. The Kier molecular flexibility index (Phi) is 6.17. The van der Waals surface area contributed by atoms with Gasteiger partial charge in [0.2, 0.25) is 20.0 Å². The summed E-state index contributed by atoms with van der Waals surface area (Å²) < 4.78 is 53.6. The van der Waals surface area contributed by atoms with Crippen LogP contribution in [-0.2, 0) is 31.3 Å². The van der Waals surface area contributed by atoms with Crippen LogP contribution in [0.3, 0.4) is 0 Å². The molecule has 2 fully saturated rings.